The van der Waals surface area contributed by atoms with Crippen molar-refractivity contribution < 1.29 is 13.2 Å². The highest BCUT2D eigenvalue weighted by atomic mass is 19.4. The number of halogens is 3. The van der Waals surface area contributed by atoms with E-state index in [-0.39, 0.29) is 16.8 Å². The van der Waals surface area contributed by atoms with Gasteiger partial charge in [-0.1, -0.05) is 6.92 Å². The van der Waals surface area contributed by atoms with Crippen LogP contribution in [0.15, 0.2) is 23.0 Å². The molecule has 1 aromatic heterocycles. The summed E-state index contributed by atoms with van der Waals surface area (Å²) in [5.41, 5.74) is 0.221. The van der Waals surface area contributed by atoms with E-state index in [2.05, 4.69) is 10.3 Å². The van der Waals surface area contributed by atoms with Crippen LogP contribution < -0.4 is 10.9 Å². The van der Waals surface area contributed by atoms with Gasteiger partial charge in [-0.3, -0.25) is 4.79 Å². The zero-order valence-corrected chi connectivity index (χ0v) is 10.1. The first kappa shape index (κ1) is 12.1. The van der Waals surface area contributed by atoms with Crippen molar-refractivity contribution in [2.45, 2.75) is 19.0 Å². The molecule has 0 aliphatic carbocycles. The molecule has 0 amide bonds. The van der Waals surface area contributed by atoms with Gasteiger partial charge in [-0.05, 0) is 17.7 Å². The van der Waals surface area contributed by atoms with E-state index >= 15 is 0 Å². The van der Waals surface area contributed by atoms with Gasteiger partial charge >= 0.3 is 6.18 Å². The molecule has 1 aromatic carbocycles. The van der Waals surface area contributed by atoms with Gasteiger partial charge in [0, 0.05) is 29.6 Å². The highest BCUT2D eigenvalue weighted by Crippen LogP contribution is 2.38. The molecule has 3 rings (SSSR count). The third-order valence-electron chi connectivity index (χ3n) is 3.45. The summed E-state index contributed by atoms with van der Waals surface area (Å²) in [6.45, 7) is 2.64. The smallest absolute Gasteiger partial charge is 0.384 e. The number of fused-ring (bicyclic) bond motifs is 2. The molecule has 0 spiro atoms. The third kappa shape index (κ3) is 1.87. The van der Waals surface area contributed by atoms with Crippen LogP contribution in [0.4, 0.5) is 18.9 Å². The zero-order valence-electron chi connectivity index (χ0n) is 10.1. The molecule has 2 aromatic rings. The molecule has 0 saturated carbocycles. The molecule has 1 atom stereocenters. The maximum atomic E-state index is 13.0. The molecule has 1 aliphatic rings. The summed E-state index contributed by atoms with van der Waals surface area (Å²) >= 11 is 0. The minimum Gasteiger partial charge on any atom is -0.384 e. The van der Waals surface area contributed by atoms with E-state index in [1.807, 2.05) is 6.92 Å². The Morgan fingerprint density at radius 3 is 2.68 bits per heavy atom. The summed E-state index contributed by atoms with van der Waals surface area (Å²) in [5, 5.41) is 3.16. The minimum atomic E-state index is -4.53. The largest absolute Gasteiger partial charge is 0.417 e. The highest BCUT2D eigenvalue weighted by Gasteiger charge is 2.34. The van der Waals surface area contributed by atoms with Crippen LogP contribution in [0, 0.1) is 0 Å². The summed E-state index contributed by atoms with van der Waals surface area (Å²) in [5.74, 6) is 0.160. The number of H-pyrrole nitrogens is 1. The fraction of sp³-hybridized carbons (Fsp3) is 0.308. The van der Waals surface area contributed by atoms with Crippen LogP contribution in [0.5, 0.6) is 0 Å². The number of benzene rings is 1. The molecular weight excluding hydrogens is 257 g/mol. The fourth-order valence-corrected chi connectivity index (χ4v) is 2.49. The molecule has 0 unspecified atom stereocenters. The van der Waals surface area contributed by atoms with Crippen molar-refractivity contribution in [3.05, 3.63) is 39.7 Å². The maximum Gasteiger partial charge on any atom is 0.417 e. The molecule has 100 valence electrons. The van der Waals surface area contributed by atoms with Crippen LogP contribution >= 0.6 is 0 Å². The molecular formula is C13H11F3N2O. The normalized spacial score (nSPS) is 18.4. The number of hydrogen-bond donors (Lipinski definition) is 2. The van der Waals surface area contributed by atoms with Crippen molar-refractivity contribution in [3.8, 4) is 0 Å². The lowest BCUT2D eigenvalue weighted by molar-refractivity contribution is -0.136. The fourth-order valence-electron chi connectivity index (χ4n) is 2.49. The van der Waals surface area contributed by atoms with Crippen LogP contribution in [0.1, 0.15) is 24.0 Å². The number of aromatic amines is 1. The zero-order chi connectivity index (χ0) is 13.8. The van der Waals surface area contributed by atoms with E-state index in [4.69, 9.17) is 0 Å². The standard InChI is InChI=1S/C13H11F3N2O/c1-6-5-17-10-4-11-8(2-7(6)10)9(13(14,15)16)3-12(19)18-11/h2-4,6,17H,5H2,1H3,(H,18,19)/t6-/m1/s1. The molecule has 3 nitrogen and oxygen atoms in total. The second kappa shape index (κ2) is 3.76. The van der Waals surface area contributed by atoms with Gasteiger partial charge in [-0.25, -0.2) is 0 Å². The van der Waals surface area contributed by atoms with Crippen LogP contribution in [0.25, 0.3) is 10.9 Å². The summed E-state index contributed by atoms with van der Waals surface area (Å²) in [6, 6.07) is 3.71. The van der Waals surface area contributed by atoms with E-state index in [1.165, 1.54) is 6.07 Å². The van der Waals surface area contributed by atoms with Crippen molar-refractivity contribution in [1.29, 1.82) is 0 Å². The Balaban J connectivity index is 2.39. The Morgan fingerprint density at radius 1 is 1.26 bits per heavy atom. The average Bonchev–Trinajstić information content (AvgIpc) is 2.66. The molecule has 19 heavy (non-hydrogen) atoms. The Labute approximate surface area is 106 Å². The molecule has 2 heterocycles. The predicted molar refractivity (Wildman–Crippen MR) is 66.5 cm³/mol. The average molecular weight is 268 g/mol. The first-order valence-electron chi connectivity index (χ1n) is 5.88. The molecule has 0 bridgehead atoms. The van der Waals surface area contributed by atoms with Crippen LogP contribution in [-0.2, 0) is 6.18 Å². The summed E-state index contributed by atoms with van der Waals surface area (Å²) < 4.78 is 38.9. The van der Waals surface area contributed by atoms with Gasteiger partial charge in [-0.15, -0.1) is 0 Å². The van der Waals surface area contributed by atoms with E-state index in [1.54, 1.807) is 6.07 Å². The second-order valence-corrected chi connectivity index (χ2v) is 4.81. The summed E-state index contributed by atoms with van der Waals surface area (Å²) in [7, 11) is 0. The van der Waals surface area contributed by atoms with Crippen LogP contribution in [0.3, 0.4) is 0 Å². The van der Waals surface area contributed by atoms with E-state index in [9.17, 15) is 18.0 Å². The van der Waals surface area contributed by atoms with Crippen molar-refractivity contribution in [2.75, 3.05) is 11.9 Å². The van der Waals surface area contributed by atoms with Gasteiger partial charge in [-0.2, -0.15) is 13.2 Å². The molecule has 2 N–H and O–H groups in total. The number of alkyl halides is 3. The van der Waals surface area contributed by atoms with Crippen molar-refractivity contribution in [1.82, 2.24) is 4.98 Å². The Hall–Kier alpha value is -1.98. The van der Waals surface area contributed by atoms with Crippen molar-refractivity contribution in [3.63, 3.8) is 0 Å². The van der Waals surface area contributed by atoms with Gasteiger partial charge in [0.2, 0.25) is 5.56 Å². The lowest BCUT2D eigenvalue weighted by Gasteiger charge is -2.12. The van der Waals surface area contributed by atoms with Gasteiger partial charge < -0.3 is 10.3 Å². The lowest BCUT2D eigenvalue weighted by Crippen LogP contribution is -2.14. The van der Waals surface area contributed by atoms with E-state index in [0.29, 0.717) is 12.6 Å². The molecule has 1 aliphatic heterocycles. The number of hydrogen-bond acceptors (Lipinski definition) is 2. The van der Waals surface area contributed by atoms with Crippen molar-refractivity contribution >= 4 is 16.6 Å². The van der Waals surface area contributed by atoms with Crippen LogP contribution in [-0.4, -0.2) is 11.5 Å². The molecule has 0 fully saturated rings. The van der Waals surface area contributed by atoms with Crippen molar-refractivity contribution in [2.24, 2.45) is 0 Å². The Bertz CT molecular complexity index is 718. The van der Waals surface area contributed by atoms with Gasteiger partial charge in [0.05, 0.1) is 11.1 Å². The highest BCUT2D eigenvalue weighted by molar-refractivity contribution is 5.88. The first-order valence-corrected chi connectivity index (χ1v) is 5.88. The first-order chi connectivity index (χ1) is 8.86. The lowest BCUT2D eigenvalue weighted by atomic mass is 9.99. The van der Waals surface area contributed by atoms with Gasteiger partial charge in [0.1, 0.15) is 0 Å². The minimum absolute atomic E-state index is 0.0430. The van der Waals surface area contributed by atoms with E-state index < -0.39 is 17.3 Å². The summed E-state index contributed by atoms with van der Waals surface area (Å²) in [6.07, 6.45) is -4.53. The van der Waals surface area contributed by atoms with Gasteiger partial charge in [0.25, 0.3) is 0 Å². The number of nitrogens with one attached hydrogen (secondary N) is 2. The molecule has 0 radical (unpaired) electrons. The maximum absolute atomic E-state index is 13.0. The number of aromatic nitrogens is 1. The third-order valence-corrected chi connectivity index (χ3v) is 3.45. The SMILES string of the molecule is C[C@@H]1CNc2cc3[nH]c(=O)cc(C(F)(F)F)c3cc21. The quantitative estimate of drug-likeness (QED) is 0.771. The Kier molecular flexibility index (Phi) is 2.39. The van der Waals surface area contributed by atoms with Crippen LogP contribution in [0.2, 0.25) is 0 Å². The van der Waals surface area contributed by atoms with Gasteiger partial charge in [0.15, 0.2) is 0 Å². The number of pyridine rings is 1. The second-order valence-electron chi connectivity index (χ2n) is 4.81. The predicted octanol–water partition coefficient (Wildman–Crippen LogP) is 3.08. The number of anilines is 1. The number of rotatable bonds is 0. The Morgan fingerprint density at radius 2 is 2.00 bits per heavy atom. The van der Waals surface area contributed by atoms with E-state index in [0.717, 1.165) is 11.3 Å². The molecule has 0 saturated heterocycles. The monoisotopic (exact) mass is 268 g/mol. The summed E-state index contributed by atoms with van der Waals surface area (Å²) in [4.78, 5) is 13.8. The topological polar surface area (TPSA) is 44.9 Å². The molecule has 6 heteroatoms.